The summed E-state index contributed by atoms with van der Waals surface area (Å²) >= 11 is 0. The Labute approximate surface area is 124 Å². The van der Waals surface area contributed by atoms with E-state index < -0.39 is 6.29 Å². The van der Waals surface area contributed by atoms with Crippen molar-refractivity contribution < 1.29 is 19.0 Å². The number of ether oxygens (including phenoxy) is 3. The van der Waals surface area contributed by atoms with Crippen LogP contribution >= 0.6 is 0 Å². The van der Waals surface area contributed by atoms with Gasteiger partial charge in [-0.25, -0.2) is 4.68 Å². The highest BCUT2D eigenvalue weighted by atomic mass is 16.7. The van der Waals surface area contributed by atoms with E-state index in [1.165, 1.54) is 4.68 Å². The molecule has 0 saturated heterocycles. The Morgan fingerprint density at radius 1 is 1.38 bits per heavy atom. The van der Waals surface area contributed by atoms with Crippen LogP contribution in [0.15, 0.2) is 6.20 Å². The minimum Gasteiger partial charge on any atom is -0.383 e. The van der Waals surface area contributed by atoms with Crippen LogP contribution in [0.1, 0.15) is 32.8 Å². The van der Waals surface area contributed by atoms with Gasteiger partial charge in [-0.2, -0.15) is 0 Å². The van der Waals surface area contributed by atoms with Crippen molar-refractivity contribution in [1.82, 2.24) is 20.3 Å². The van der Waals surface area contributed by atoms with Crippen LogP contribution in [0.25, 0.3) is 0 Å². The fourth-order valence-corrected chi connectivity index (χ4v) is 1.78. The smallest absolute Gasteiger partial charge is 0.242 e. The monoisotopic (exact) mass is 300 g/mol. The number of carbonyl (C=O) groups is 1. The summed E-state index contributed by atoms with van der Waals surface area (Å²) in [6.45, 7) is 7.19. The molecule has 0 fully saturated rings. The van der Waals surface area contributed by atoms with Gasteiger partial charge in [0.2, 0.25) is 12.2 Å². The van der Waals surface area contributed by atoms with Gasteiger partial charge in [-0.3, -0.25) is 4.79 Å². The molecular weight excluding hydrogens is 276 g/mol. The molecule has 0 aliphatic heterocycles. The van der Waals surface area contributed by atoms with Crippen LogP contribution in [0.3, 0.4) is 0 Å². The van der Waals surface area contributed by atoms with Gasteiger partial charge in [0.1, 0.15) is 12.2 Å². The molecule has 0 radical (unpaired) electrons. The zero-order chi connectivity index (χ0) is 15.7. The van der Waals surface area contributed by atoms with Crippen LogP contribution in [0.2, 0.25) is 0 Å². The fraction of sp³-hybridized carbons (Fsp3) is 0.769. The Bertz CT molecular complexity index is 418. The van der Waals surface area contributed by atoms with Crippen molar-refractivity contribution >= 4 is 5.91 Å². The second kappa shape index (κ2) is 9.43. The summed E-state index contributed by atoms with van der Waals surface area (Å²) in [6.07, 6.45) is 1.10. The van der Waals surface area contributed by atoms with Gasteiger partial charge >= 0.3 is 0 Å². The van der Waals surface area contributed by atoms with Crippen LogP contribution in [-0.4, -0.2) is 53.9 Å². The first kappa shape index (κ1) is 17.5. The highest BCUT2D eigenvalue weighted by molar-refractivity contribution is 5.75. The molecule has 120 valence electrons. The maximum Gasteiger partial charge on any atom is 0.242 e. The van der Waals surface area contributed by atoms with Crippen molar-refractivity contribution in [3.05, 3.63) is 11.9 Å². The third-order valence-electron chi connectivity index (χ3n) is 2.56. The molecular formula is C13H24N4O4. The molecule has 0 bridgehead atoms. The van der Waals surface area contributed by atoms with Gasteiger partial charge < -0.3 is 19.5 Å². The lowest BCUT2D eigenvalue weighted by molar-refractivity contribution is -0.142. The van der Waals surface area contributed by atoms with Crippen LogP contribution in [0.5, 0.6) is 0 Å². The van der Waals surface area contributed by atoms with E-state index in [9.17, 15) is 4.79 Å². The number of rotatable bonds is 10. The summed E-state index contributed by atoms with van der Waals surface area (Å²) in [7, 11) is 1.59. The number of carbonyl (C=O) groups excluding carboxylic acids is 1. The lowest BCUT2D eigenvalue weighted by atomic mass is 10.3. The number of amides is 1. The first-order chi connectivity index (χ1) is 10.1. The lowest BCUT2D eigenvalue weighted by Crippen LogP contribution is -2.37. The average Bonchev–Trinajstić information content (AvgIpc) is 2.86. The van der Waals surface area contributed by atoms with E-state index >= 15 is 0 Å². The van der Waals surface area contributed by atoms with Gasteiger partial charge in [-0.1, -0.05) is 5.21 Å². The summed E-state index contributed by atoms with van der Waals surface area (Å²) in [6, 6.07) is -0.0508. The van der Waals surface area contributed by atoms with E-state index in [0.29, 0.717) is 25.5 Å². The molecule has 0 saturated carbocycles. The molecule has 1 heterocycles. The summed E-state index contributed by atoms with van der Waals surface area (Å²) in [4.78, 5) is 11.8. The first-order valence-corrected chi connectivity index (χ1v) is 7.02. The Balaban J connectivity index is 2.55. The summed E-state index contributed by atoms with van der Waals surface area (Å²) in [5, 5.41) is 10.7. The number of hydrogen-bond acceptors (Lipinski definition) is 6. The van der Waals surface area contributed by atoms with Crippen LogP contribution in [0, 0.1) is 0 Å². The Hall–Kier alpha value is -1.51. The topological polar surface area (TPSA) is 87.5 Å². The van der Waals surface area contributed by atoms with Crippen molar-refractivity contribution in [1.29, 1.82) is 0 Å². The number of aromatic nitrogens is 3. The molecule has 0 aliphatic carbocycles. The van der Waals surface area contributed by atoms with E-state index in [4.69, 9.17) is 14.2 Å². The molecule has 0 spiro atoms. The number of nitrogens with zero attached hydrogens (tertiary/aromatic N) is 3. The van der Waals surface area contributed by atoms with Crippen molar-refractivity contribution in [2.45, 2.75) is 39.6 Å². The molecule has 0 aliphatic rings. The van der Waals surface area contributed by atoms with E-state index in [1.807, 2.05) is 20.8 Å². The molecule has 8 heteroatoms. The lowest BCUT2D eigenvalue weighted by Gasteiger charge is -2.13. The predicted octanol–water partition coefficient (Wildman–Crippen LogP) is 0.501. The Morgan fingerprint density at radius 3 is 2.62 bits per heavy atom. The number of hydrogen-bond donors (Lipinski definition) is 1. The second-order valence-corrected chi connectivity index (χ2v) is 4.51. The molecule has 1 atom stereocenters. The van der Waals surface area contributed by atoms with E-state index in [1.54, 1.807) is 13.3 Å². The third-order valence-corrected chi connectivity index (χ3v) is 2.56. The van der Waals surface area contributed by atoms with Crippen molar-refractivity contribution in [2.24, 2.45) is 0 Å². The third kappa shape index (κ3) is 6.19. The zero-order valence-corrected chi connectivity index (χ0v) is 13.0. The molecule has 0 aromatic carbocycles. The quantitative estimate of drug-likeness (QED) is 0.633. The number of methoxy groups -OCH3 is 1. The minimum atomic E-state index is -0.552. The maximum absolute atomic E-state index is 11.8. The van der Waals surface area contributed by atoms with Gasteiger partial charge in [0.25, 0.3) is 0 Å². The first-order valence-electron chi connectivity index (χ1n) is 7.02. The summed E-state index contributed by atoms with van der Waals surface area (Å²) < 4.78 is 17.3. The van der Waals surface area contributed by atoms with Gasteiger partial charge in [-0.05, 0) is 20.8 Å². The predicted molar refractivity (Wildman–Crippen MR) is 75.5 cm³/mol. The molecule has 1 N–H and O–H groups in total. The molecule has 1 aromatic rings. The molecule has 8 nitrogen and oxygen atoms in total. The van der Waals surface area contributed by atoms with Gasteiger partial charge in [0, 0.05) is 26.4 Å². The van der Waals surface area contributed by atoms with E-state index in [-0.39, 0.29) is 18.5 Å². The Kier molecular flexibility index (Phi) is 7.88. The average molecular weight is 300 g/mol. The van der Waals surface area contributed by atoms with E-state index in [0.717, 1.165) is 0 Å². The highest BCUT2D eigenvalue weighted by Crippen LogP contribution is 2.15. The SMILES string of the molecule is CCOC(OCC)c1cn(CC(=O)NC(C)COC)nn1. The molecule has 21 heavy (non-hydrogen) atoms. The van der Waals surface area contributed by atoms with Crippen molar-refractivity contribution in [3.8, 4) is 0 Å². The van der Waals surface area contributed by atoms with Crippen LogP contribution < -0.4 is 5.32 Å². The maximum atomic E-state index is 11.8. The standard InChI is InChI=1S/C13H24N4O4/c1-5-20-13(21-6-2)11-7-17(16-15-11)8-12(18)14-10(3)9-19-4/h7,10,13H,5-6,8-9H2,1-4H3,(H,14,18). The number of nitrogens with one attached hydrogen (secondary N) is 1. The molecule has 1 amide bonds. The van der Waals surface area contributed by atoms with Crippen molar-refractivity contribution in [3.63, 3.8) is 0 Å². The largest absolute Gasteiger partial charge is 0.383 e. The van der Waals surface area contributed by atoms with E-state index in [2.05, 4.69) is 15.6 Å². The van der Waals surface area contributed by atoms with Crippen molar-refractivity contribution in [2.75, 3.05) is 26.9 Å². The normalized spacial score (nSPS) is 12.6. The zero-order valence-electron chi connectivity index (χ0n) is 13.0. The van der Waals surface area contributed by atoms with Gasteiger partial charge in [0.05, 0.1) is 12.8 Å². The Morgan fingerprint density at radius 2 is 2.05 bits per heavy atom. The molecule has 1 unspecified atom stereocenters. The van der Waals surface area contributed by atoms with Gasteiger partial charge in [0.15, 0.2) is 0 Å². The molecule has 1 aromatic heterocycles. The minimum absolute atomic E-state index is 0.0508. The molecule has 1 rings (SSSR count). The van der Waals surface area contributed by atoms with Crippen LogP contribution in [0.4, 0.5) is 0 Å². The highest BCUT2D eigenvalue weighted by Gasteiger charge is 2.16. The fourth-order valence-electron chi connectivity index (χ4n) is 1.78. The van der Waals surface area contributed by atoms with Gasteiger partial charge in [-0.15, -0.1) is 5.10 Å². The summed E-state index contributed by atoms with van der Waals surface area (Å²) in [5.41, 5.74) is 0.552. The summed E-state index contributed by atoms with van der Waals surface area (Å²) in [5.74, 6) is -0.152. The second-order valence-electron chi connectivity index (χ2n) is 4.51. The van der Waals surface area contributed by atoms with Crippen LogP contribution in [-0.2, 0) is 25.5 Å².